The van der Waals surface area contributed by atoms with E-state index in [2.05, 4.69) is 36.5 Å². The highest BCUT2D eigenvalue weighted by Gasteiger charge is 2.27. The third-order valence-corrected chi connectivity index (χ3v) is 5.39. The van der Waals surface area contributed by atoms with Gasteiger partial charge in [0.15, 0.2) is 0 Å². The number of phenolic OH excluding ortho intramolecular Hbond substituents is 1. The van der Waals surface area contributed by atoms with Gasteiger partial charge in [0.2, 0.25) is 0 Å². The number of rotatable bonds is 4. The summed E-state index contributed by atoms with van der Waals surface area (Å²) in [6.45, 7) is 2.06. The molecule has 2 N–H and O–H groups in total. The number of hydrogen-bond donors (Lipinski definition) is 2. The maximum absolute atomic E-state index is 11.7. The number of carbonyl (C=O) groups excluding carboxylic acids is 1. The summed E-state index contributed by atoms with van der Waals surface area (Å²) in [5.74, 6) is -0.103. The first-order valence-corrected chi connectivity index (χ1v) is 9.91. The second-order valence-electron chi connectivity index (χ2n) is 7.44. The molecule has 152 valence electrons. The highest BCUT2D eigenvalue weighted by Crippen LogP contribution is 2.34. The molecule has 0 aromatic heterocycles. The minimum Gasteiger partial charge on any atom is -0.508 e. The minimum absolute atomic E-state index is 0.0923. The molecule has 4 rings (SSSR count). The van der Waals surface area contributed by atoms with Crippen molar-refractivity contribution in [1.29, 1.82) is 0 Å². The molecule has 5 nitrogen and oxygen atoms in total. The molecule has 30 heavy (non-hydrogen) atoms. The maximum atomic E-state index is 11.7. The van der Waals surface area contributed by atoms with E-state index in [-0.39, 0.29) is 23.9 Å². The number of carbonyl (C=O) groups is 1. The highest BCUT2D eigenvalue weighted by atomic mass is 16.5. The average molecular weight is 400 g/mol. The fourth-order valence-corrected chi connectivity index (χ4v) is 3.70. The zero-order valence-electron chi connectivity index (χ0n) is 17.0. The van der Waals surface area contributed by atoms with Gasteiger partial charge in [0.05, 0.1) is 12.7 Å². The summed E-state index contributed by atoms with van der Waals surface area (Å²) in [4.78, 5) is 16.7. The van der Waals surface area contributed by atoms with Crippen molar-refractivity contribution in [1.82, 2.24) is 5.32 Å². The number of methoxy groups -OCH3 is 1. The Morgan fingerprint density at radius 2 is 1.73 bits per heavy atom. The van der Waals surface area contributed by atoms with Crippen LogP contribution in [0.2, 0.25) is 0 Å². The molecule has 0 saturated heterocycles. The first kappa shape index (κ1) is 19.9. The quantitative estimate of drug-likeness (QED) is 0.622. The summed E-state index contributed by atoms with van der Waals surface area (Å²) >= 11 is 0. The number of aliphatic imine (C=N–C) groups is 1. The fourth-order valence-electron chi connectivity index (χ4n) is 3.70. The number of benzene rings is 3. The Bertz CT molecular complexity index is 1070. The number of nitrogens with zero attached hydrogens (tertiary/aromatic N) is 1. The van der Waals surface area contributed by atoms with Crippen molar-refractivity contribution < 1.29 is 14.6 Å². The molecule has 5 heteroatoms. The molecule has 0 saturated carbocycles. The molecule has 0 aliphatic carbocycles. The smallest absolute Gasteiger partial charge is 0.337 e. The van der Waals surface area contributed by atoms with Crippen molar-refractivity contribution in [3.05, 3.63) is 101 Å². The first-order chi connectivity index (χ1) is 14.5. The molecule has 0 amide bonds. The lowest BCUT2D eigenvalue weighted by Gasteiger charge is -2.31. The van der Waals surface area contributed by atoms with E-state index in [1.54, 1.807) is 18.2 Å². The normalized spacial score (nSPS) is 18.5. The molecule has 2 atom stereocenters. The van der Waals surface area contributed by atoms with E-state index in [1.807, 2.05) is 30.3 Å². The molecular weight excluding hydrogens is 376 g/mol. The number of nitrogens with one attached hydrogen (secondary N) is 1. The fraction of sp³-hybridized carbons (Fsp3) is 0.200. The average Bonchev–Trinajstić information content (AvgIpc) is 2.79. The predicted octanol–water partition coefficient (Wildman–Crippen LogP) is 4.71. The van der Waals surface area contributed by atoms with Crippen molar-refractivity contribution in [3.63, 3.8) is 0 Å². The third-order valence-electron chi connectivity index (χ3n) is 5.39. The van der Waals surface area contributed by atoms with E-state index >= 15 is 0 Å². The van der Waals surface area contributed by atoms with E-state index in [4.69, 9.17) is 9.73 Å². The Labute approximate surface area is 176 Å². The predicted molar refractivity (Wildman–Crippen MR) is 117 cm³/mol. The Kier molecular flexibility index (Phi) is 5.63. The van der Waals surface area contributed by atoms with Crippen molar-refractivity contribution in [2.75, 3.05) is 7.11 Å². The molecule has 0 fully saturated rings. The van der Waals surface area contributed by atoms with Gasteiger partial charge in [-0.2, -0.15) is 0 Å². The Morgan fingerprint density at radius 1 is 1.03 bits per heavy atom. The van der Waals surface area contributed by atoms with Gasteiger partial charge in [-0.25, -0.2) is 4.79 Å². The van der Waals surface area contributed by atoms with Gasteiger partial charge in [-0.3, -0.25) is 10.3 Å². The van der Waals surface area contributed by atoms with Crippen molar-refractivity contribution in [2.45, 2.75) is 25.6 Å². The Morgan fingerprint density at radius 3 is 2.40 bits per heavy atom. The highest BCUT2D eigenvalue weighted by molar-refractivity contribution is 6.01. The van der Waals surface area contributed by atoms with Crippen LogP contribution in [0.3, 0.4) is 0 Å². The molecule has 3 aromatic carbocycles. The summed E-state index contributed by atoms with van der Waals surface area (Å²) in [7, 11) is 1.37. The molecule has 0 radical (unpaired) electrons. The van der Waals surface area contributed by atoms with Crippen LogP contribution in [0.4, 0.5) is 0 Å². The second-order valence-corrected chi connectivity index (χ2v) is 7.44. The molecule has 1 heterocycles. The van der Waals surface area contributed by atoms with Gasteiger partial charge in [0.1, 0.15) is 11.9 Å². The van der Waals surface area contributed by atoms with Crippen LogP contribution in [0.15, 0.2) is 77.8 Å². The second kappa shape index (κ2) is 8.51. The van der Waals surface area contributed by atoms with Crippen LogP contribution in [0, 0.1) is 6.92 Å². The summed E-state index contributed by atoms with van der Waals surface area (Å²) in [6, 6.07) is 22.9. The molecule has 0 unspecified atom stereocenters. The van der Waals surface area contributed by atoms with Gasteiger partial charge in [0.25, 0.3) is 0 Å². The van der Waals surface area contributed by atoms with Crippen LogP contribution >= 0.6 is 0 Å². The topological polar surface area (TPSA) is 70.9 Å². The van der Waals surface area contributed by atoms with Gasteiger partial charge in [-0.15, -0.1) is 0 Å². The lowest BCUT2D eigenvalue weighted by atomic mass is 9.93. The minimum atomic E-state index is -0.367. The van der Waals surface area contributed by atoms with Crippen LogP contribution < -0.4 is 5.32 Å². The van der Waals surface area contributed by atoms with Crippen LogP contribution in [-0.2, 0) is 4.74 Å². The van der Waals surface area contributed by atoms with E-state index in [0.717, 1.165) is 22.4 Å². The first-order valence-electron chi connectivity index (χ1n) is 9.91. The van der Waals surface area contributed by atoms with E-state index in [0.29, 0.717) is 12.0 Å². The lowest BCUT2D eigenvalue weighted by molar-refractivity contribution is 0.0600. The third kappa shape index (κ3) is 4.11. The SMILES string of the molecule is COC(=O)c1ccc([C@@H]2N=C(c3ccc(C)cc3)C[C@@H](c3ccccc3O)N2)cc1. The number of ether oxygens (including phenoxy) is 1. The molecule has 1 aliphatic heterocycles. The van der Waals surface area contributed by atoms with Gasteiger partial charge in [0, 0.05) is 23.7 Å². The van der Waals surface area contributed by atoms with E-state index in [1.165, 1.54) is 12.7 Å². The Balaban J connectivity index is 1.71. The van der Waals surface area contributed by atoms with Crippen LogP contribution in [0.25, 0.3) is 0 Å². The van der Waals surface area contributed by atoms with Gasteiger partial charge in [-0.1, -0.05) is 60.2 Å². The molecule has 1 aliphatic rings. The Hall–Kier alpha value is -3.44. The molecule has 3 aromatic rings. The monoisotopic (exact) mass is 400 g/mol. The zero-order chi connectivity index (χ0) is 21.1. The summed E-state index contributed by atoms with van der Waals surface area (Å²) < 4.78 is 4.78. The maximum Gasteiger partial charge on any atom is 0.337 e. The van der Waals surface area contributed by atoms with E-state index < -0.39 is 0 Å². The number of phenols is 1. The lowest BCUT2D eigenvalue weighted by Crippen LogP contribution is -2.33. The molecular formula is C25H24N2O3. The largest absolute Gasteiger partial charge is 0.508 e. The van der Waals surface area contributed by atoms with Crippen LogP contribution in [0.5, 0.6) is 5.75 Å². The number of aromatic hydroxyl groups is 1. The number of aryl methyl sites for hydroxylation is 1. The van der Waals surface area contributed by atoms with Gasteiger partial charge in [-0.05, 0) is 36.2 Å². The standard InChI is InChI=1S/C25H24N2O3/c1-16-7-9-17(10-8-16)21-15-22(20-5-3-4-6-23(20)28)27-24(26-21)18-11-13-19(14-12-18)25(29)30-2/h3-14,22,24,27-28H,15H2,1-2H3/t22-,24+/m0/s1. The van der Waals surface area contributed by atoms with Gasteiger partial charge >= 0.3 is 5.97 Å². The van der Waals surface area contributed by atoms with Crippen LogP contribution in [0.1, 0.15) is 51.2 Å². The molecule has 0 spiro atoms. The zero-order valence-corrected chi connectivity index (χ0v) is 17.0. The van der Waals surface area contributed by atoms with Crippen LogP contribution in [-0.4, -0.2) is 23.9 Å². The van der Waals surface area contributed by atoms with Crippen molar-refractivity contribution in [3.8, 4) is 5.75 Å². The van der Waals surface area contributed by atoms with Crippen molar-refractivity contribution >= 4 is 11.7 Å². The van der Waals surface area contributed by atoms with Crippen molar-refractivity contribution in [2.24, 2.45) is 4.99 Å². The summed E-state index contributed by atoms with van der Waals surface area (Å²) in [5.41, 5.74) is 5.51. The molecule has 0 bridgehead atoms. The van der Waals surface area contributed by atoms with E-state index in [9.17, 15) is 9.90 Å². The number of hydrogen-bond acceptors (Lipinski definition) is 5. The number of esters is 1. The summed E-state index contributed by atoms with van der Waals surface area (Å²) in [5, 5.41) is 13.9. The summed E-state index contributed by atoms with van der Waals surface area (Å²) in [6.07, 6.45) is 0.364. The number of para-hydroxylation sites is 1. The van der Waals surface area contributed by atoms with Gasteiger partial charge < -0.3 is 9.84 Å².